The van der Waals surface area contributed by atoms with Crippen LogP contribution in [0, 0.1) is 0 Å². The van der Waals surface area contributed by atoms with E-state index in [1.54, 1.807) is 0 Å². The summed E-state index contributed by atoms with van der Waals surface area (Å²) in [6, 6.07) is 2.54. The van der Waals surface area contributed by atoms with Crippen LogP contribution in [0.2, 0.25) is 0 Å². The molecule has 0 heterocycles. The van der Waals surface area contributed by atoms with E-state index in [0.717, 1.165) is 18.2 Å². The lowest BCUT2D eigenvalue weighted by Crippen LogP contribution is -1.98. The van der Waals surface area contributed by atoms with Gasteiger partial charge < -0.3 is 0 Å². The molecule has 0 saturated heterocycles. The molecule has 0 aliphatic heterocycles. The zero-order valence-electron chi connectivity index (χ0n) is 7.35. The van der Waals surface area contributed by atoms with Gasteiger partial charge in [0.05, 0.1) is 9.79 Å². The zero-order chi connectivity index (χ0) is 12.6. The second kappa shape index (κ2) is 4.33. The molecule has 16 heavy (non-hydrogen) atoms. The zero-order valence-corrected chi connectivity index (χ0v) is 10.5. The molecule has 87 valence electrons. The summed E-state index contributed by atoms with van der Waals surface area (Å²) in [5, 5.41) is 0. The molecule has 1 rings (SSSR count). The molecule has 0 saturated carbocycles. The van der Waals surface area contributed by atoms with Gasteiger partial charge in [0.1, 0.15) is 0 Å². The van der Waals surface area contributed by atoms with Crippen LogP contribution >= 0.6 is 21.4 Å². The van der Waals surface area contributed by atoms with Gasteiger partial charge in [0.25, 0.3) is 18.1 Å². The smallest absolute Gasteiger partial charge is 0.261 e. The molecule has 0 amide bonds. The molecule has 0 aliphatic carbocycles. The van der Waals surface area contributed by atoms with E-state index < -0.39 is 27.9 Å². The first-order valence-corrected chi connectivity index (χ1v) is 8.19. The maximum atomic E-state index is 11.0. The number of halogens is 2. The van der Waals surface area contributed by atoms with Gasteiger partial charge in [-0.3, -0.25) is 4.79 Å². The van der Waals surface area contributed by atoms with Gasteiger partial charge >= 0.3 is 0 Å². The molecule has 0 unspecified atom stereocenters. The van der Waals surface area contributed by atoms with Gasteiger partial charge in [0.15, 0.2) is 0 Å². The molecule has 0 spiro atoms. The number of carbonyl (C=O) groups excluding carboxylic acids is 1. The quantitative estimate of drug-likeness (QED) is 0.778. The van der Waals surface area contributed by atoms with Crippen molar-refractivity contribution in [1.29, 1.82) is 0 Å². The van der Waals surface area contributed by atoms with Crippen molar-refractivity contribution in [2.45, 2.75) is 9.79 Å². The minimum Gasteiger partial charge on any atom is -0.285 e. The molecule has 1 radical (unpaired) electrons. The van der Waals surface area contributed by atoms with Gasteiger partial charge in [-0.25, -0.2) is 16.8 Å². The Hall–Kier alpha value is -0.630. The summed E-state index contributed by atoms with van der Waals surface area (Å²) < 4.78 is 43.9. The van der Waals surface area contributed by atoms with E-state index in [4.69, 9.17) is 21.4 Å². The Balaban J connectivity index is 3.64. The van der Waals surface area contributed by atoms with Crippen molar-refractivity contribution < 1.29 is 21.6 Å². The van der Waals surface area contributed by atoms with Crippen molar-refractivity contribution in [1.82, 2.24) is 0 Å². The highest BCUT2D eigenvalue weighted by Gasteiger charge is 2.18. The minimum absolute atomic E-state index is 0.277. The monoisotopic (exact) mass is 301 g/mol. The average Bonchev–Trinajstić information content (AvgIpc) is 2.14. The van der Waals surface area contributed by atoms with Crippen molar-refractivity contribution in [2.24, 2.45) is 0 Å². The highest BCUT2D eigenvalue weighted by Crippen LogP contribution is 2.23. The molecule has 0 atom stereocenters. The van der Waals surface area contributed by atoms with Crippen molar-refractivity contribution in [3.8, 4) is 0 Å². The average molecular weight is 302 g/mol. The largest absolute Gasteiger partial charge is 0.285 e. The maximum Gasteiger partial charge on any atom is 0.261 e. The summed E-state index contributed by atoms with van der Waals surface area (Å²) >= 11 is 0. The highest BCUT2D eigenvalue weighted by molar-refractivity contribution is 8.14. The van der Waals surface area contributed by atoms with E-state index in [0.29, 0.717) is 0 Å². The van der Waals surface area contributed by atoms with Crippen LogP contribution in [0.4, 0.5) is 0 Å². The van der Waals surface area contributed by atoms with Crippen molar-refractivity contribution in [3.05, 3.63) is 23.8 Å². The predicted molar refractivity (Wildman–Crippen MR) is 57.3 cm³/mol. The Bertz CT molecular complexity index is 582. The highest BCUT2D eigenvalue weighted by atomic mass is 35.7. The van der Waals surface area contributed by atoms with E-state index in [2.05, 4.69) is 0 Å². The Labute approximate surface area is 101 Å². The summed E-state index contributed by atoms with van der Waals surface area (Å²) in [7, 11) is 1.73. The van der Waals surface area contributed by atoms with Crippen molar-refractivity contribution in [3.63, 3.8) is 0 Å². The van der Waals surface area contributed by atoms with E-state index >= 15 is 0 Å². The molecule has 0 aromatic heterocycles. The van der Waals surface area contributed by atoms with Gasteiger partial charge in [0, 0.05) is 26.9 Å². The number of rotatable bonds is 3. The molecule has 0 bridgehead atoms. The van der Waals surface area contributed by atoms with E-state index in [1.807, 2.05) is 0 Å². The minimum atomic E-state index is -4.15. The van der Waals surface area contributed by atoms with Gasteiger partial charge in [-0.05, 0) is 18.2 Å². The van der Waals surface area contributed by atoms with Crippen LogP contribution in [-0.2, 0) is 22.9 Å². The third-order valence-electron chi connectivity index (χ3n) is 1.56. The van der Waals surface area contributed by atoms with Gasteiger partial charge in [-0.1, -0.05) is 0 Å². The Kier molecular flexibility index (Phi) is 3.63. The molecule has 1 aromatic rings. The molecule has 5 nitrogen and oxygen atoms in total. The topological polar surface area (TPSA) is 85.3 Å². The van der Waals surface area contributed by atoms with E-state index in [1.165, 1.54) is 6.29 Å². The number of hydrogen-bond acceptors (Lipinski definition) is 5. The van der Waals surface area contributed by atoms with Gasteiger partial charge in [0.2, 0.25) is 6.29 Å². The van der Waals surface area contributed by atoms with Crippen LogP contribution in [0.3, 0.4) is 0 Å². The molecule has 9 heteroatoms. The Morgan fingerprint density at radius 3 is 1.50 bits per heavy atom. The summed E-state index contributed by atoms with van der Waals surface area (Å²) in [5.41, 5.74) is -0.277. The van der Waals surface area contributed by atoms with Gasteiger partial charge in [-0.2, -0.15) is 0 Å². The summed E-state index contributed by atoms with van der Waals surface area (Å²) in [6.07, 6.45) is 1.36. The molecule has 0 N–H and O–H groups in total. The van der Waals surface area contributed by atoms with E-state index in [9.17, 15) is 21.6 Å². The SMILES string of the molecule is O=[C]c1cc(S(=O)(=O)Cl)cc(S(=O)(=O)Cl)c1. The van der Waals surface area contributed by atoms with Crippen LogP contribution in [0.25, 0.3) is 0 Å². The van der Waals surface area contributed by atoms with Crippen LogP contribution in [0.5, 0.6) is 0 Å². The normalized spacial score (nSPS) is 12.4. The summed E-state index contributed by atoms with van der Waals surface area (Å²) in [5.74, 6) is 0. The van der Waals surface area contributed by atoms with Crippen LogP contribution in [0.1, 0.15) is 5.56 Å². The van der Waals surface area contributed by atoms with Crippen LogP contribution in [-0.4, -0.2) is 23.1 Å². The first-order valence-electron chi connectivity index (χ1n) is 3.57. The molecule has 1 aromatic carbocycles. The second-order valence-electron chi connectivity index (χ2n) is 2.67. The van der Waals surface area contributed by atoms with E-state index in [-0.39, 0.29) is 5.56 Å². The standard InChI is InChI=1S/C7H3Cl2O5S2/c8-15(11,12)6-1-5(4-10)2-7(3-6)16(9,13)14/h1-3H. The molecule has 0 aliphatic rings. The van der Waals surface area contributed by atoms with Gasteiger partial charge in [-0.15, -0.1) is 0 Å². The number of benzene rings is 1. The fourth-order valence-corrected chi connectivity index (χ4v) is 2.59. The summed E-state index contributed by atoms with van der Waals surface area (Å²) in [4.78, 5) is 9.30. The first kappa shape index (κ1) is 13.4. The molecular formula is C7H3Cl2O5S2. The third kappa shape index (κ3) is 3.18. The fourth-order valence-electron chi connectivity index (χ4n) is 0.912. The predicted octanol–water partition coefficient (Wildman–Crippen LogP) is 0.999. The number of hydrogen-bond donors (Lipinski definition) is 0. The Morgan fingerprint density at radius 2 is 1.25 bits per heavy atom. The summed E-state index contributed by atoms with van der Waals surface area (Å²) in [6.45, 7) is 0. The lowest BCUT2D eigenvalue weighted by Gasteiger charge is -2.01. The Morgan fingerprint density at radius 1 is 0.875 bits per heavy atom. The maximum absolute atomic E-state index is 11.0. The van der Waals surface area contributed by atoms with Crippen LogP contribution in [0.15, 0.2) is 28.0 Å². The van der Waals surface area contributed by atoms with Crippen molar-refractivity contribution >= 4 is 45.8 Å². The first-order chi connectivity index (χ1) is 7.14. The second-order valence-corrected chi connectivity index (χ2v) is 7.80. The lowest BCUT2D eigenvalue weighted by molar-refractivity contribution is 0.562. The fraction of sp³-hybridized carbons (Fsp3) is 0. The van der Waals surface area contributed by atoms with Crippen LogP contribution < -0.4 is 0 Å². The third-order valence-corrected chi connectivity index (χ3v) is 4.23. The van der Waals surface area contributed by atoms with Crippen molar-refractivity contribution in [2.75, 3.05) is 0 Å². The lowest BCUT2D eigenvalue weighted by atomic mass is 10.2. The molecule has 0 fully saturated rings. The molecular weight excluding hydrogens is 299 g/mol.